The van der Waals surface area contributed by atoms with Gasteiger partial charge in [0.1, 0.15) is 6.07 Å². The van der Waals surface area contributed by atoms with Gasteiger partial charge in [-0.1, -0.05) is 0 Å². The van der Waals surface area contributed by atoms with Gasteiger partial charge in [0.25, 0.3) is 0 Å². The van der Waals surface area contributed by atoms with Crippen LogP contribution in [-0.2, 0) is 0 Å². The van der Waals surface area contributed by atoms with Crippen molar-refractivity contribution in [3.05, 3.63) is 18.1 Å². The lowest BCUT2D eigenvalue weighted by atomic mass is 10.0. The SMILES string of the molecule is CC1CCCCN1c1nccnc1C#N. The smallest absolute Gasteiger partial charge is 0.183 e. The molecule has 0 N–H and O–H groups in total. The summed E-state index contributed by atoms with van der Waals surface area (Å²) < 4.78 is 0. The van der Waals surface area contributed by atoms with Gasteiger partial charge in [-0.2, -0.15) is 5.26 Å². The number of hydrogen-bond acceptors (Lipinski definition) is 4. The molecule has 0 spiro atoms. The molecule has 1 atom stereocenters. The van der Waals surface area contributed by atoms with E-state index in [1.165, 1.54) is 19.3 Å². The minimum atomic E-state index is 0.436. The largest absolute Gasteiger partial charge is 0.352 e. The topological polar surface area (TPSA) is 52.8 Å². The highest BCUT2D eigenvalue weighted by Gasteiger charge is 2.22. The summed E-state index contributed by atoms with van der Waals surface area (Å²) in [6, 6.07) is 2.56. The number of anilines is 1. The first-order valence-electron chi connectivity index (χ1n) is 5.30. The van der Waals surface area contributed by atoms with Crippen LogP contribution in [-0.4, -0.2) is 22.6 Å². The maximum atomic E-state index is 8.96. The molecular formula is C11H14N4. The minimum Gasteiger partial charge on any atom is -0.352 e. The molecule has 0 aromatic carbocycles. The zero-order valence-corrected chi connectivity index (χ0v) is 8.85. The zero-order chi connectivity index (χ0) is 10.7. The zero-order valence-electron chi connectivity index (χ0n) is 8.85. The Morgan fingerprint density at radius 3 is 2.93 bits per heavy atom. The molecule has 1 aromatic heterocycles. The van der Waals surface area contributed by atoms with E-state index in [1.807, 2.05) is 0 Å². The van der Waals surface area contributed by atoms with Gasteiger partial charge in [-0.25, -0.2) is 9.97 Å². The number of aromatic nitrogens is 2. The summed E-state index contributed by atoms with van der Waals surface area (Å²) in [6.45, 7) is 3.16. The Morgan fingerprint density at radius 2 is 2.20 bits per heavy atom. The minimum absolute atomic E-state index is 0.436. The molecule has 4 heteroatoms. The van der Waals surface area contributed by atoms with Crippen molar-refractivity contribution in [2.45, 2.75) is 32.2 Å². The molecular weight excluding hydrogens is 188 g/mol. The Kier molecular flexibility index (Phi) is 2.82. The molecule has 2 rings (SSSR count). The summed E-state index contributed by atoms with van der Waals surface area (Å²) in [4.78, 5) is 10.5. The Hall–Kier alpha value is -1.63. The van der Waals surface area contributed by atoms with Crippen molar-refractivity contribution in [2.24, 2.45) is 0 Å². The van der Waals surface area contributed by atoms with Gasteiger partial charge in [-0.05, 0) is 26.2 Å². The molecule has 4 nitrogen and oxygen atoms in total. The fraction of sp³-hybridized carbons (Fsp3) is 0.545. The lowest BCUT2D eigenvalue weighted by molar-refractivity contribution is 0.480. The van der Waals surface area contributed by atoms with Crippen LogP contribution in [0.1, 0.15) is 31.9 Å². The summed E-state index contributed by atoms with van der Waals surface area (Å²) >= 11 is 0. The van der Waals surface area contributed by atoms with Crippen LogP contribution in [0.25, 0.3) is 0 Å². The lowest BCUT2D eigenvalue weighted by Gasteiger charge is -2.34. The Bertz CT molecular complexity index is 382. The van der Waals surface area contributed by atoms with E-state index in [2.05, 4.69) is 27.9 Å². The summed E-state index contributed by atoms with van der Waals surface area (Å²) in [6.07, 6.45) is 6.82. The maximum Gasteiger partial charge on any atom is 0.183 e. The van der Waals surface area contributed by atoms with E-state index in [1.54, 1.807) is 12.4 Å². The first-order chi connectivity index (χ1) is 7.33. The van der Waals surface area contributed by atoms with Gasteiger partial charge in [-0.15, -0.1) is 0 Å². The summed E-state index contributed by atoms with van der Waals surface area (Å²) in [5.41, 5.74) is 0.436. The van der Waals surface area contributed by atoms with Gasteiger partial charge in [0.2, 0.25) is 0 Å². The third-order valence-corrected chi connectivity index (χ3v) is 2.86. The van der Waals surface area contributed by atoms with Crippen molar-refractivity contribution in [3.63, 3.8) is 0 Å². The van der Waals surface area contributed by atoms with Gasteiger partial charge in [0.15, 0.2) is 11.5 Å². The second-order valence-corrected chi connectivity index (χ2v) is 3.88. The van der Waals surface area contributed by atoms with Crippen LogP contribution in [0.3, 0.4) is 0 Å². The predicted octanol–water partition coefficient (Wildman–Crippen LogP) is 1.73. The van der Waals surface area contributed by atoms with E-state index in [-0.39, 0.29) is 0 Å². The summed E-state index contributed by atoms with van der Waals surface area (Å²) in [5.74, 6) is 0.743. The van der Waals surface area contributed by atoms with Crippen LogP contribution >= 0.6 is 0 Å². The van der Waals surface area contributed by atoms with Crippen LogP contribution in [0.4, 0.5) is 5.82 Å². The Balaban J connectivity index is 2.31. The molecule has 2 heterocycles. The van der Waals surface area contributed by atoms with Crippen molar-refractivity contribution in [1.29, 1.82) is 5.26 Å². The standard InChI is InChI=1S/C11H14N4/c1-9-4-2-3-7-15(9)11-10(8-12)13-5-6-14-11/h5-6,9H,2-4,7H2,1H3. The first-order valence-corrected chi connectivity index (χ1v) is 5.30. The van der Waals surface area contributed by atoms with Gasteiger partial charge in [0.05, 0.1) is 0 Å². The third kappa shape index (κ3) is 1.91. The van der Waals surface area contributed by atoms with Crippen LogP contribution in [0.5, 0.6) is 0 Å². The average Bonchev–Trinajstić information content (AvgIpc) is 2.30. The van der Waals surface area contributed by atoms with E-state index in [0.29, 0.717) is 11.7 Å². The van der Waals surface area contributed by atoms with Crippen molar-refractivity contribution in [3.8, 4) is 6.07 Å². The molecule has 1 fully saturated rings. The summed E-state index contributed by atoms with van der Waals surface area (Å²) in [7, 11) is 0. The van der Waals surface area contributed by atoms with Crippen molar-refractivity contribution in [1.82, 2.24) is 9.97 Å². The second kappa shape index (κ2) is 4.26. The number of hydrogen-bond donors (Lipinski definition) is 0. The van der Waals surface area contributed by atoms with E-state index < -0.39 is 0 Å². The highest BCUT2D eigenvalue weighted by Crippen LogP contribution is 2.24. The maximum absolute atomic E-state index is 8.96. The molecule has 1 aromatic rings. The Morgan fingerprint density at radius 1 is 1.40 bits per heavy atom. The molecule has 1 unspecified atom stereocenters. The first kappa shape index (κ1) is 9.91. The van der Waals surface area contributed by atoms with Gasteiger partial charge in [0, 0.05) is 25.0 Å². The molecule has 0 amide bonds. The second-order valence-electron chi connectivity index (χ2n) is 3.88. The molecule has 1 aliphatic heterocycles. The van der Waals surface area contributed by atoms with Crippen molar-refractivity contribution in [2.75, 3.05) is 11.4 Å². The van der Waals surface area contributed by atoms with Crippen LogP contribution in [0, 0.1) is 11.3 Å². The molecule has 1 saturated heterocycles. The number of rotatable bonds is 1. The fourth-order valence-corrected chi connectivity index (χ4v) is 2.03. The lowest BCUT2D eigenvalue weighted by Crippen LogP contribution is -2.38. The molecule has 0 bridgehead atoms. The molecule has 15 heavy (non-hydrogen) atoms. The third-order valence-electron chi connectivity index (χ3n) is 2.86. The molecule has 0 saturated carbocycles. The van der Waals surface area contributed by atoms with Crippen LogP contribution < -0.4 is 4.90 Å². The Labute approximate surface area is 89.6 Å². The molecule has 0 aliphatic carbocycles. The number of nitrogens with zero attached hydrogens (tertiary/aromatic N) is 4. The number of nitriles is 1. The van der Waals surface area contributed by atoms with E-state index in [9.17, 15) is 0 Å². The van der Waals surface area contributed by atoms with Gasteiger partial charge in [-0.3, -0.25) is 0 Å². The highest BCUT2D eigenvalue weighted by molar-refractivity contribution is 5.50. The predicted molar refractivity (Wildman–Crippen MR) is 57.4 cm³/mol. The van der Waals surface area contributed by atoms with Crippen LogP contribution in [0.2, 0.25) is 0 Å². The molecule has 1 aliphatic rings. The van der Waals surface area contributed by atoms with Crippen LogP contribution in [0.15, 0.2) is 12.4 Å². The normalized spacial score (nSPS) is 21.1. The van der Waals surface area contributed by atoms with Crippen molar-refractivity contribution < 1.29 is 0 Å². The molecule has 78 valence electrons. The fourth-order valence-electron chi connectivity index (χ4n) is 2.03. The van der Waals surface area contributed by atoms with E-state index in [4.69, 9.17) is 5.26 Å². The van der Waals surface area contributed by atoms with E-state index >= 15 is 0 Å². The van der Waals surface area contributed by atoms with Gasteiger partial charge >= 0.3 is 0 Å². The quantitative estimate of drug-likeness (QED) is 0.696. The highest BCUT2D eigenvalue weighted by atomic mass is 15.2. The average molecular weight is 202 g/mol. The summed E-state index contributed by atoms with van der Waals surface area (Å²) in [5, 5.41) is 8.96. The number of piperidine rings is 1. The van der Waals surface area contributed by atoms with Gasteiger partial charge < -0.3 is 4.90 Å². The van der Waals surface area contributed by atoms with E-state index in [0.717, 1.165) is 12.4 Å². The monoisotopic (exact) mass is 202 g/mol. The molecule has 0 radical (unpaired) electrons. The van der Waals surface area contributed by atoms with Crippen molar-refractivity contribution >= 4 is 5.82 Å².